The van der Waals surface area contributed by atoms with Crippen molar-refractivity contribution in [3.63, 3.8) is 0 Å². The molecule has 122 valence electrons. The van der Waals surface area contributed by atoms with Crippen molar-refractivity contribution in [2.24, 2.45) is 5.41 Å². The predicted octanol–water partition coefficient (Wildman–Crippen LogP) is 1.48. The lowest BCUT2D eigenvalue weighted by molar-refractivity contribution is -0.150. The molecule has 1 aliphatic carbocycles. The molecule has 6 nitrogen and oxygen atoms in total. The summed E-state index contributed by atoms with van der Waals surface area (Å²) < 4.78 is 11.2. The van der Waals surface area contributed by atoms with Crippen molar-refractivity contribution >= 4 is 22.8 Å². The predicted molar refractivity (Wildman–Crippen MR) is 82.7 cm³/mol. The summed E-state index contributed by atoms with van der Waals surface area (Å²) in [6.07, 6.45) is 6.38. The minimum Gasteiger partial charge on any atom is -0.481 e. The molecular formula is C14H26N2O4S. The highest BCUT2D eigenvalue weighted by Crippen LogP contribution is 2.35. The molecule has 2 atom stereocenters. The summed E-state index contributed by atoms with van der Waals surface area (Å²) in [6.45, 7) is 2.48. The second kappa shape index (κ2) is 8.36. The number of aliphatic carboxylic acids is 1. The van der Waals surface area contributed by atoms with Gasteiger partial charge in [-0.1, -0.05) is 26.2 Å². The maximum absolute atomic E-state index is 11.7. The fourth-order valence-electron chi connectivity index (χ4n) is 2.56. The second-order valence-electron chi connectivity index (χ2n) is 5.85. The zero-order valence-electron chi connectivity index (χ0n) is 12.8. The number of carboxylic acids is 1. The third kappa shape index (κ3) is 5.65. The van der Waals surface area contributed by atoms with E-state index in [4.69, 9.17) is 0 Å². The van der Waals surface area contributed by atoms with Crippen LogP contribution in [0.3, 0.4) is 0 Å². The summed E-state index contributed by atoms with van der Waals surface area (Å²) in [6, 6.07) is -0.352. The summed E-state index contributed by atoms with van der Waals surface area (Å²) in [5.74, 6) is -0.822. The van der Waals surface area contributed by atoms with Gasteiger partial charge in [-0.15, -0.1) is 0 Å². The molecule has 0 aliphatic heterocycles. The van der Waals surface area contributed by atoms with E-state index in [9.17, 15) is 18.9 Å². The number of carbonyl (C=O) groups is 2. The molecule has 1 saturated carbocycles. The van der Waals surface area contributed by atoms with E-state index >= 15 is 0 Å². The number of amides is 2. The van der Waals surface area contributed by atoms with Gasteiger partial charge in [0, 0.05) is 35.4 Å². The Morgan fingerprint density at radius 1 is 1.24 bits per heavy atom. The van der Waals surface area contributed by atoms with Crippen molar-refractivity contribution in [1.82, 2.24) is 10.6 Å². The monoisotopic (exact) mass is 318 g/mol. The zero-order valence-corrected chi connectivity index (χ0v) is 13.6. The van der Waals surface area contributed by atoms with Gasteiger partial charge >= 0.3 is 12.0 Å². The van der Waals surface area contributed by atoms with Crippen LogP contribution in [0.4, 0.5) is 4.79 Å². The van der Waals surface area contributed by atoms with Gasteiger partial charge in [-0.3, -0.25) is 9.00 Å². The fourth-order valence-corrected chi connectivity index (χ4v) is 3.01. The van der Waals surface area contributed by atoms with Gasteiger partial charge in [0.05, 0.1) is 5.41 Å². The smallest absolute Gasteiger partial charge is 0.314 e. The van der Waals surface area contributed by atoms with Gasteiger partial charge in [0.25, 0.3) is 0 Å². The standard InChI is InChI=1S/C14H26N2O4S/c1-11(21(2)20)6-9-15-13(19)16-10-14(12(17)18)7-4-3-5-8-14/h11H,3-10H2,1-2H3,(H,17,18)(H2,15,16,19). The van der Waals surface area contributed by atoms with E-state index in [0.29, 0.717) is 25.8 Å². The molecule has 0 spiro atoms. The minimum absolute atomic E-state index is 0.0361. The van der Waals surface area contributed by atoms with Gasteiger partial charge in [0.2, 0.25) is 0 Å². The molecule has 2 unspecified atom stereocenters. The molecule has 1 aliphatic rings. The molecule has 7 heteroatoms. The molecule has 21 heavy (non-hydrogen) atoms. The number of rotatable bonds is 7. The van der Waals surface area contributed by atoms with Gasteiger partial charge < -0.3 is 15.7 Å². The Morgan fingerprint density at radius 2 is 1.86 bits per heavy atom. The third-order valence-electron chi connectivity index (χ3n) is 4.25. The highest BCUT2D eigenvalue weighted by molar-refractivity contribution is 7.84. The van der Waals surface area contributed by atoms with Crippen molar-refractivity contribution in [3.05, 3.63) is 0 Å². The molecule has 0 aromatic heterocycles. The molecule has 0 heterocycles. The molecule has 0 aromatic carbocycles. The second-order valence-corrected chi connectivity index (χ2v) is 7.66. The highest BCUT2D eigenvalue weighted by atomic mass is 32.2. The Bertz CT molecular complexity index is 394. The lowest BCUT2D eigenvalue weighted by Crippen LogP contribution is -2.47. The Hall–Kier alpha value is -1.11. The molecule has 0 aromatic rings. The van der Waals surface area contributed by atoms with E-state index in [0.717, 1.165) is 19.3 Å². The van der Waals surface area contributed by atoms with Crippen molar-refractivity contribution in [1.29, 1.82) is 0 Å². The normalized spacial score (nSPS) is 20.3. The average Bonchev–Trinajstić information content (AvgIpc) is 2.45. The van der Waals surface area contributed by atoms with Crippen LogP contribution in [0, 0.1) is 5.41 Å². The molecule has 1 rings (SSSR count). The van der Waals surface area contributed by atoms with Crippen LogP contribution in [-0.2, 0) is 15.6 Å². The van der Waals surface area contributed by atoms with Crippen LogP contribution in [0.15, 0.2) is 0 Å². The number of nitrogens with one attached hydrogen (secondary N) is 2. The molecule has 0 saturated heterocycles. The van der Waals surface area contributed by atoms with Crippen molar-refractivity contribution in [2.45, 2.75) is 50.7 Å². The summed E-state index contributed by atoms with van der Waals surface area (Å²) in [5.41, 5.74) is -0.812. The van der Waals surface area contributed by atoms with E-state index < -0.39 is 22.2 Å². The van der Waals surface area contributed by atoms with E-state index in [2.05, 4.69) is 10.6 Å². The lowest BCUT2D eigenvalue weighted by Gasteiger charge is -2.33. The SMILES string of the molecule is CC(CCNC(=O)NCC1(C(=O)O)CCCCC1)S(C)=O. The fraction of sp³-hybridized carbons (Fsp3) is 0.857. The number of hydrogen-bond donors (Lipinski definition) is 3. The van der Waals surface area contributed by atoms with Crippen LogP contribution in [0.2, 0.25) is 0 Å². The van der Waals surface area contributed by atoms with E-state index in [1.54, 1.807) is 6.26 Å². The Balaban J connectivity index is 2.34. The first kappa shape index (κ1) is 17.9. The molecule has 1 fully saturated rings. The van der Waals surface area contributed by atoms with Gasteiger partial charge in [-0.2, -0.15) is 0 Å². The zero-order chi connectivity index (χ0) is 15.9. The summed E-state index contributed by atoms with van der Waals surface area (Å²) in [5, 5.41) is 14.8. The van der Waals surface area contributed by atoms with Crippen LogP contribution < -0.4 is 10.6 Å². The van der Waals surface area contributed by atoms with Crippen molar-refractivity contribution < 1.29 is 18.9 Å². The maximum Gasteiger partial charge on any atom is 0.314 e. The van der Waals surface area contributed by atoms with Crippen molar-refractivity contribution in [2.75, 3.05) is 19.3 Å². The van der Waals surface area contributed by atoms with Crippen LogP contribution >= 0.6 is 0 Å². The van der Waals surface area contributed by atoms with E-state index in [-0.39, 0.29) is 17.8 Å². The first-order chi connectivity index (χ1) is 9.87. The van der Waals surface area contributed by atoms with Crippen LogP contribution in [0.25, 0.3) is 0 Å². The highest BCUT2D eigenvalue weighted by Gasteiger charge is 2.39. The Labute approximate surface area is 128 Å². The molecular weight excluding hydrogens is 292 g/mol. The first-order valence-electron chi connectivity index (χ1n) is 7.45. The summed E-state index contributed by atoms with van der Waals surface area (Å²) in [4.78, 5) is 23.2. The Morgan fingerprint density at radius 3 is 2.38 bits per heavy atom. The first-order valence-corrected chi connectivity index (χ1v) is 9.07. The number of carboxylic acid groups (broad SMARTS) is 1. The molecule has 0 bridgehead atoms. The van der Waals surface area contributed by atoms with E-state index in [1.165, 1.54) is 0 Å². The molecule has 3 N–H and O–H groups in total. The minimum atomic E-state index is -0.895. The maximum atomic E-state index is 11.7. The van der Waals surface area contributed by atoms with Crippen LogP contribution in [0.5, 0.6) is 0 Å². The van der Waals surface area contributed by atoms with Gasteiger partial charge in [-0.25, -0.2) is 4.79 Å². The summed E-state index contributed by atoms with van der Waals surface area (Å²) in [7, 11) is -0.895. The Kier molecular flexibility index (Phi) is 7.14. The number of carbonyl (C=O) groups excluding carboxylic acids is 1. The molecule has 0 radical (unpaired) electrons. The number of urea groups is 1. The third-order valence-corrected chi connectivity index (χ3v) is 5.62. The average molecular weight is 318 g/mol. The van der Waals surface area contributed by atoms with Crippen LogP contribution in [-0.4, -0.2) is 45.9 Å². The largest absolute Gasteiger partial charge is 0.481 e. The van der Waals surface area contributed by atoms with E-state index in [1.807, 2.05) is 6.92 Å². The quantitative estimate of drug-likeness (QED) is 0.662. The topological polar surface area (TPSA) is 95.5 Å². The van der Waals surface area contributed by atoms with Crippen molar-refractivity contribution in [3.8, 4) is 0 Å². The molecule has 2 amide bonds. The number of hydrogen-bond acceptors (Lipinski definition) is 3. The summed E-state index contributed by atoms with van der Waals surface area (Å²) >= 11 is 0. The van der Waals surface area contributed by atoms with Gasteiger partial charge in [0.15, 0.2) is 0 Å². The lowest BCUT2D eigenvalue weighted by atomic mass is 9.74. The van der Waals surface area contributed by atoms with Gasteiger partial charge in [0.1, 0.15) is 0 Å². The van der Waals surface area contributed by atoms with Crippen LogP contribution in [0.1, 0.15) is 45.4 Å². The van der Waals surface area contributed by atoms with Gasteiger partial charge in [-0.05, 0) is 19.3 Å².